The van der Waals surface area contributed by atoms with Crippen LogP contribution in [0, 0.1) is 13.8 Å². The maximum atomic E-state index is 2.44. The highest BCUT2D eigenvalue weighted by atomic mass is 32.1. The average molecular weight is 890 g/mol. The van der Waals surface area contributed by atoms with E-state index in [1.807, 2.05) is 11.3 Å². The highest BCUT2D eigenvalue weighted by molar-refractivity contribution is 7.25. The largest absolute Gasteiger partial charge is 0.310 e. The van der Waals surface area contributed by atoms with E-state index in [-0.39, 0.29) is 0 Å². The van der Waals surface area contributed by atoms with Crippen molar-refractivity contribution in [2.75, 3.05) is 14.7 Å². The van der Waals surface area contributed by atoms with Crippen LogP contribution in [-0.4, -0.2) is 0 Å². The number of anilines is 9. The molecule has 4 heteroatoms. The number of hydrogen-bond acceptors (Lipinski definition) is 4. The number of para-hydroxylation sites is 1. The summed E-state index contributed by atoms with van der Waals surface area (Å²) in [6.45, 7) is 4.35. The van der Waals surface area contributed by atoms with E-state index in [9.17, 15) is 0 Å². The van der Waals surface area contributed by atoms with Crippen LogP contribution < -0.4 is 14.7 Å². The Bertz CT molecular complexity index is 3640. The first-order chi connectivity index (χ1) is 33.5. The van der Waals surface area contributed by atoms with Crippen molar-refractivity contribution in [1.29, 1.82) is 0 Å². The Balaban J connectivity index is 1.11. The summed E-state index contributed by atoms with van der Waals surface area (Å²) in [4.78, 5) is 7.29. The number of hydrogen-bond donors (Lipinski definition) is 0. The van der Waals surface area contributed by atoms with Gasteiger partial charge in [0.15, 0.2) is 0 Å². The summed E-state index contributed by atoms with van der Waals surface area (Å²) in [5.41, 5.74) is 14.4. The number of aryl methyl sites for hydroxylation is 2. The number of nitrogens with zero attached hydrogens (tertiary/aromatic N) is 3. The fourth-order valence-electron chi connectivity index (χ4n) is 9.89. The van der Waals surface area contributed by atoms with Gasteiger partial charge in [-0.1, -0.05) is 152 Å². The van der Waals surface area contributed by atoms with E-state index >= 15 is 0 Å². The fourth-order valence-corrected chi connectivity index (χ4v) is 11.0. The molecule has 3 nitrogen and oxygen atoms in total. The van der Waals surface area contributed by atoms with Crippen molar-refractivity contribution in [3.05, 3.63) is 260 Å². The van der Waals surface area contributed by atoms with Crippen LogP contribution in [0.15, 0.2) is 249 Å². The van der Waals surface area contributed by atoms with Gasteiger partial charge >= 0.3 is 0 Å². The number of thiophene rings is 1. The molecule has 324 valence electrons. The first-order valence-electron chi connectivity index (χ1n) is 23.2. The second kappa shape index (κ2) is 17.4. The molecule has 0 amide bonds. The molecule has 12 aromatic rings. The van der Waals surface area contributed by atoms with Gasteiger partial charge in [0, 0.05) is 53.7 Å². The van der Waals surface area contributed by atoms with Gasteiger partial charge in [-0.3, -0.25) is 0 Å². The molecule has 68 heavy (non-hydrogen) atoms. The highest BCUT2D eigenvalue weighted by Gasteiger charge is 2.24. The molecule has 0 aliphatic rings. The summed E-state index contributed by atoms with van der Waals surface area (Å²) in [6, 6.07) is 91.0. The van der Waals surface area contributed by atoms with Gasteiger partial charge in [-0.05, 0) is 144 Å². The molecule has 0 unspecified atom stereocenters. The Morgan fingerprint density at radius 3 is 1.29 bits per heavy atom. The zero-order valence-corrected chi connectivity index (χ0v) is 38.7. The first-order valence-corrected chi connectivity index (χ1v) is 24.1. The molecule has 0 atom stereocenters. The molecule has 0 aliphatic carbocycles. The van der Waals surface area contributed by atoms with Crippen molar-refractivity contribution in [2.45, 2.75) is 13.8 Å². The molecule has 0 saturated carbocycles. The van der Waals surface area contributed by atoms with Gasteiger partial charge in [-0.15, -0.1) is 11.3 Å². The molecule has 12 rings (SSSR count). The minimum atomic E-state index is 1.03. The first kappa shape index (κ1) is 41.0. The van der Waals surface area contributed by atoms with Gasteiger partial charge < -0.3 is 14.7 Å². The van der Waals surface area contributed by atoms with E-state index in [0.29, 0.717) is 0 Å². The van der Waals surface area contributed by atoms with Gasteiger partial charge in [0.25, 0.3) is 0 Å². The van der Waals surface area contributed by atoms with Crippen LogP contribution >= 0.6 is 11.3 Å². The fraction of sp³-hybridized carbons (Fsp3) is 0.0312. The summed E-state index contributed by atoms with van der Waals surface area (Å²) in [6.07, 6.45) is 0. The van der Waals surface area contributed by atoms with Gasteiger partial charge in [0.2, 0.25) is 0 Å². The predicted molar refractivity (Wildman–Crippen MR) is 293 cm³/mol. The normalized spacial score (nSPS) is 11.4. The molecule has 1 heterocycles. The molecule has 0 aliphatic heterocycles. The number of rotatable bonds is 10. The van der Waals surface area contributed by atoms with Crippen molar-refractivity contribution in [2.24, 2.45) is 0 Å². The number of fused-ring (bicyclic) bond motifs is 5. The monoisotopic (exact) mass is 889 g/mol. The lowest BCUT2D eigenvalue weighted by Crippen LogP contribution is -2.16. The summed E-state index contributed by atoms with van der Waals surface area (Å²) < 4.78 is 2.63. The zero-order chi connectivity index (χ0) is 45.6. The maximum Gasteiger partial charge on any atom is 0.0540 e. The molecular formula is C64H47N3S. The lowest BCUT2D eigenvalue weighted by Gasteiger charge is -2.33. The lowest BCUT2D eigenvalue weighted by atomic mass is 10.0. The number of benzene rings is 11. The van der Waals surface area contributed by atoms with Crippen molar-refractivity contribution in [3.8, 4) is 11.1 Å². The van der Waals surface area contributed by atoms with Crippen molar-refractivity contribution in [3.63, 3.8) is 0 Å². The van der Waals surface area contributed by atoms with Crippen LogP contribution in [0.5, 0.6) is 0 Å². The second-order valence-electron chi connectivity index (χ2n) is 17.6. The molecule has 0 saturated heterocycles. The lowest BCUT2D eigenvalue weighted by molar-refractivity contribution is 1.22. The van der Waals surface area contributed by atoms with E-state index in [4.69, 9.17) is 0 Å². The van der Waals surface area contributed by atoms with Crippen LogP contribution in [0.4, 0.5) is 51.2 Å². The molecule has 0 bridgehead atoms. The van der Waals surface area contributed by atoms with E-state index < -0.39 is 0 Å². The summed E-state index contributed by atoms with van der Waals surface area (Å²) >= 11 is 1.86. The van der Waals surface area contributed by atoms with Gasteiger partial charge in [-0.25, -0.2) is 0 Å². The second-order valence-corrected chi connectivity index (χ2v) is 18.7. The summed E-state index contributed by atoms with van der Waals surface area (Å²) in [7, 11) is 0. The summed E-state index contributed by atoms with van der Waals surface area (Å²) in [5, 5.41) is 7.34. The third-order valence-corrected chi connectivity index (χ3v) is 14.2. The molecule has 0 spiro atoms. The Hall–Kier alpha value is -8.44. The topological polar surface area (TPSA) is 9.72 Å². The molecule has 0 radical (unpaired) electrons. The summed E-state index contributed by atoms with van der Waals surface area (Å²) in [5.74, 6) is 0. The zero-order valence-electron chi connectivity index (χ0n) is 37.9. The highest BCUT2D eigenvalue weighted by Crippen LogP contribution is 2.48. The van der Waals surface area contributed by atoms with Crippen LogP contribution in [0.25, 0.3) is 52.8 Å². The molecule has 1 aromatic heterocycles. The smallest absolute Gasteiger partial charge is 0.0540 e. The predicted octanol–water partition coefficient (Wildman–Crippen LogP) is 19.1. The Kier molecular flexibility index (Phi) is 10.5. The molecule has 11 aromatic carbocycles. The van der Waals surface area contributed by atoms with Crippen molar-refractivity contribution < 1.29 is 0 Å². The van der Waals surface area contributed by atoms with E-state index in [2.05, 4.69) is 277 Å². The third kappa shape index (κ3) is 7.61. The van der Waals surface area contributed by atoms with Crippen molar-refractivity contribution in [1.82, 2.24) is 0 Å². The molecule has 0 N–H and O–H groups in total. The van der Waals surface area contributed by atoms with E-state index in [1.165, 1.54) is 64.0 Å². The third-order valence-electron chi connectivity index (χ3n) is 13.0. The van der Waals surface area contributed by atoms with Crippen LogP contribution in [-0.2, 0) is 0 Å². The standard InChI is InChI=1S/C64H47N3S/c1-44-16-12-24-52(38-44)66(61-29-14-20-47-18-6-8-26-57(47)61)55-41-54(42-56(43-55)67(53-25-13-17-45(2)39-53)62-30-15-21-48-19-7-9-27-58(48)62)65(50-22-4-3-5-23-50)51-35-32-46(33-36-51)49-34-37-64-60(40-49)59-28-10-11-31-63(59)68-64/h3-43H,1-2H3. The van der Waals surface area contributed by atoms with Crippen LogP contribution in [0.2, 0.25) is 0 Å². The van der Waals surface area contributed by atoms with E-state index in [1.54, 1.807) is 0 Å². The Labute approximate surface area is 401 Å². The average Bonchev–Trinajstić information content (AvgIpc) is 3.76. The molecule has 0 fully saturated rings. The van der Waals surface area contributed by atoms with E-state index in [0.717, 1.165) is 51.2 Å². The maximum absolute atomic E-state index is 2.44. The minimum Gasteiger partial charge on any atom is -0.310 e. The van der Waals surface area contributed by atoms with Gasteiger partial charge in [0.05, 0.1) is 28.4 Å². The van der Waals surface area contributed by atoms with Crippen molar-refractivity contribution >= 4 is 104 Å². The minimum absolute atomic E-state index is 1.03. The van der Waals surface area contributed by atoms with Gasteiger partial charge in [-0.2, -0.15) is 0 Å². The Morgan fingerprint density at radius 2 is 0.706 bits per heavy atom. The molecular weight excluding hydrogens is 843 g/mol. The van der Waals surface area contributed by atoms with Crippen LogP contribution in [0.1, 0.15) is 11.1 Å². The SMILES string of the molecule is Cc1cccc(N(c2cc(N(c3ccccc3)c3ccc(-c4ccc5sc6ccccc6c5c4)cc3)cc(N(c3cccc(C)c3)c3cccc4ccccc34)c2)c2cccc3ccccc23)c1. The quantitative estimate of drug-likeness (QED) is 0.135. The van der Waals surface area contributed by atoms with Crippen LogP contribution in [0.3, 0.4) is 0 Å². The Morgan fingerprint density at radius 1 is 0.265 bits per heavy atom. The van der Waals surface area contributed by atoms with Gasteiger partial charge in [0.1, 0.15) is 0 Å².